The highest BCUT2D eigenvalue weighted by molar-refractivity contribution is 5.97. The molecule has 220 valence electrons. The number of aryl methyl sites for hydroxylation is 2. The molecular weight excluding hydrogens is 545 g/mol. The summed E-state index contributed by atoms with van der Waals surface area (Å²) >= 11 is 0. The number of rotatable bonds is 9. The average Bonchev–Trinajstić information content (AvgIpc) is 3.53. The fourth-order valence-corrected chi connectivity index (χ4v) is 5.61. The van der Waals surface area contributed by atoms with Crippen molar-refractivity contribution >= 4 is 34.2 Å². The molecule has 0 aliphatic carbocycles. The zero-order valence-electron chi connectivity index (χ0n) is 23.8. The lowest BCUT2D eigenvalue weighted by Gasteiger charge is -2.27. The first-order valence-electron chi connectivity index (χ1n) is 14.0. The average molecular weight is 579 g/mol. The summed E-state index contributed by atoms with van der Waals surface area (Å²) < 4.78 is 47.6. The largest absolute Gasteiger partial charge is 0.416 e. The molecular formula is C32H33F3N4O3. The van der Waals surface area contributed by atoms with E-state index in [1.807, 2.05) is 67.8 Å². The quantitative estimate of drug-likeness (QED) is 0.214. The smallest absolute Gasteiger partial charge is 0.361 e. The van der Waals surface area contributed by atoms with Crippen molar-refractivity contribution in [1.82, 2.24) is 9.55 Å². The number of aromatic nitrogens is 2. The van der Waals surface area contributed by atoms with Crippen LogP contribution in [0.3, 0.4) is 0 Å². The number of nitrogens with zero attached hydrogens (tertiary/aromatic N) is 4. The standard InChI is InChI=1S/C32H33F3N4O3/c1-4-22-11-8-10-21(3)30(22)39(20-42-5-2)29(41)19-38-27-15-7-6-14-26(27)36-31(38)23-16-28(40)37(18-23)25-13-9-12-24(17-25)32(33,34)35/h6-15,17,23H,4-5,16,18-20H2,1-3H3. The van der Waals surface area contributed by atoms with E-state index in [2.05, 4.69) is 0 Å². The molecule has 0 radical (unpaired) electrons. The summed E-state index contributed by atoms with van der Waals surface area (Å²) in [4.78, 5) is 35.0. The third-order valence-corrected chi connectivity index (χ3v) is 7.65. The van der Waals surface area contributed by atoms with Gasteiger partial charge in [0, 0.05) is 31.2 Å². The van der Waals surface area contributed by atoms with E-state index >= 15 is 0 Å². The Balaban J connectivity index is 1.50. The normalized spacial score (nSPS) is 15.5. The van der Waals surface area contributed by atoms with Crippen molar-refractivity contribution in [2.75, 3.05) is 29.7 Å². The van der Waals surface area contributed by atoms with E-state index in [9.17, 15) is 22.8 Å². The van der Waals surface area contributed by atoms with Crippen LogP contribution in [-0.2, 0) is 33.5 Å². The molecule has 1 aliphatic rings. The summed E-state index contributed by atoms with van der Waals surface area (Å²) in [6.45, 7) is 6.50. The zero-order valence-corrected chi connectivity index (χ0v) is 23.8. The molecule has 1 aromatic heterocycles. The Morgan fingerprint density at radius 2 is 1.83 bits per heavy atom. The number of hydrogen-bond acceptors (Lipinski definition) is 4. The van der Waals surface area contributed by atoms with Crippen LogP contribution in [0.2, 0.25) is 0 Å². The number of ether oxygens (including phenoxy) is 1. The van der Waals surface area contributed by atoms with Crippen LogP contribution in [0.1, 0.15) is 48.7 Å². The Morgan fingerprint density at radius 1 is 1.07 bits per heavy atom. The molecule has 0 N–H and O–H groups in total. The lowest BCUT2D eigenvalue weighted by Crippen LogP contribution is -2.37. The third kappa shape index (κ3) is 5.76. The van der Waals surface area contributed by atoms with Crippen LogP contribution >= 0.6 is 0 Å². The summed E-state index contributed by atoms with van der Waals surface area (Å²) in [5.41, 5.74) is 3.58. The van der Waals surface area contributed by atoms with E-state index in [4.69, 9.17) is 9.72 Å². The lowest BCUT2D eigenvalue weighted by molar-refractivity contribution is -0.137. The van der Waals surface area contributed by atoms with Gasteiger partial charge in [-0.05, 0) is 61.7 Å². The van der Waals surface area contributed by atoms with Crippen molar-refractivity contribution in [3.63, 3.8) is 0 Å². The second-order valence-electron chi connectivity index (χ2n) is 10.4. The van der Waals surface area contributed by atoms with Crippen LogP contribution in [0.15, 0.2) is 66.7 Å². The van der Waals surface area contributed by atoms with Gasteiger partial charge in [0.15, 0.2) is 0 Å². The van der Waals surface area contributed by atoms with Crippen molar-refractivity contribution in [2.24, 2.45) is 0 Å². The Kier molecular flexibility index (Phi) is 8.36. The Morgan fingerprint density at radius 3 is 2.57 bits per heavy atom. The fourth-order valence-electron chi connectivity index (χ4n) is 5.61. The summed E-state index contributed by atoms with van der Waals surface area (Å²) in [5.74, 6) is -0.368. The molecule has 10 heteroatoms. The molecule has 5 rings (SSSR count). The number of para-hydroxylation sites is 3. The number of anilines is 2. The molecule has 0 bridgehead atoms. The second kappa shape index (κ2) is 12.0. The molecule has 1 atom stereocenters. The molecule has 42 heavy (non-hydrogen) atoms. The Labute approximate surface area is 242 Å². The van der Waals surface area contributed by atoms with E-state index in [0.29, 0.717) is 17.9 Å². The topological polar surface area (TPSA) is 67.7 Å². The van der Waals surface area contributed by atoms with Gasteiger partial charge in [0.1, 0.15) is 19.1 Å². The molecule has 3 aromatic carbocycles. The summed E-state index contributed by atoms with van der Waals surface area (Å²) in [6.07, 6.45) is -3.72. The first-order valence-corrected chi connectivity index (χ1v) is 14.0. The van der Waals surface area contributed by atoms with Gasteiger partial charge >= 0.3 is 6.18 Å². The van der Waals surface area contributed by atoms with E-state index in [1.165, 1.54) is 17.0 Å². The zero-order chi connectivity index (χ0) is 30.0. The highest BCUT2D eigenvalue weighted by Gasteiger charge is 2.37. The molecule has 1 saturated heterocycles. The van der Waals surface area contributed by atoms with Crippen molar-refractivity contribution in [3.05, 3.63) is 89.2 Å². The van der Waals surface area contributed by atoms with Crippen LogP contribution in [0.4, 0.5) is 24.5 Å². The monoisotopic (exact) mass is 578 g/mol. The number of benzene rings is 3. The maximum absolute atomic E-state index is 14.0. The van der Waals surface area contributed by atoms with E-state index in [1.54, 1.807) is 4.90 Å². The van der Waals surface area contributed by atoms with Gasteiger partial charge in [-0.2, -0.15) is 13.2 Å². The SMILES string of the molecule is CCOCN(C(=O)Cn1c(C2CC(=O)N(c3cccc(C(F)(F)F)c3)C2)nc2ccccc21)c1c(C)cccc1CC. The van der Waals surface area contributed by atoms with Gasteiger partial charge in [-0.25, -0.2) is 4.98 Å². The molecule has 1 unspecified atom stereocenters. The number of fused-ring (bicyclic) bond motifs is 1. The maximum atomic E-state index is 14.0. The van der Waals surface area contributed by atoms with E-state index in [0.717, 1.165) is 40.9 Å². The van der Waals surface area contributed by atoms with Crippen LogP contribution in [0.25, 0.3) is 11.0 Å². The van der Waals surface area contributed by atoms with Gasteiger partial charge in [-0.1, -0.05) is 43.3 Å². The highest BCUT2D eigenvalue weighted by Crippen LogP contribution is 2.36. The molecule has 7 nitrogen and oxygen atoms in total. The number of amides is 2. The first kappa shape index (κ1) is 29.3. The number of carbonyl (C=O) groups excluding carboxylic acids is 2. The van der Waals surface area contributed by atoms with Crippen molar-refractivity contribution in [3.8, 4) is 0 Å². The number of imidazole rings is 1. The highest BCUT2D eigenvalue weighted by atomic mass is 19.4. The predicted octanol–water partition coefficient (Wildman–Crippen LogP) is 6.47. The van der Waals surface area contributed by atoms with Gasteiger partial charge in [-0.3, -0.25) is 14.5 Å². The summed E-state index contributed by atoms with van der Waals surface area (Å²) in [5, 5.41) is 0. The van der Waals surface area contributed by atoms with Crippen LogP contribution in [-0.4, -0.2) is 41.2 Å². The van der Waals surface area contributed by atoms with Crippen molar-refractivity contribution < 1.29 is 27.5 Å². The van der Waals surface area contributed by atoms with E-state index in [-0.39, 0.29) is 43.7 Å². The van der Waals surface area contributed by atoms with Crippen LogP contribution < -0.4 is 9.80 Å². The Hall–Kier alpha value is -4.18. The first-order chi connectivity index (χ1) is 20.1. The number of halogens is 3. The molecule has 0 spiro atoms. The molecule has 1 aliphatic heterocycles. The predicted molar refractivity (Wildman–Crippen MR) is 155 cm³/mol. The molecule has 2 heterocycles. The minimum atomic E-state index is -4.52. The Bertz CT molecular complexity index is 1610. The van der Waals surface area contributed by atoms with Gasteiger partial charge in [0.2, 0.25) is 11.8 Å². The van der Waals surface area contributed by atoms with Gasteiger partial charge < -0.3 is 14.2 Å². The molecule has 4 aromatic rings. The van der Waals surface area contributed by atoms with Gasteiger partial charge in [-0.15, -0.1) is 0 Å². The fraction of sp³-hybridized carbons (Fsp3) is 0.344. The minimum Gasteiger partial charge on any atom is -0.361 e. The summed E-state index contributed by atoms with van der Waals surface area (Å²) in [6, 6.07) is 18.1. The van der Waals surface area contributed by atoms with Gasteiger partial charge in [0.25, 0.3) is 0 Å². The molecule has 0 saturated carbocycles. The lowest BCUT2D eigenvalue weighted by atomic mass is 10.0. The summed E-state index contributed by atoms with van der Waals surface area (Å²) in [7, 11) is 0. The number of hydrogen-bond donors (Lipinski definition) is 0. The third-order valence-electron chi connectivity index (χ3n) is 7.65. The minimum absolute atomic E-state index is 0.0470. The van der Waals surface area contributed by atoms with Crippen LogP contribution in [0.5, 0.6) is 0 Å². The second-order valence-corrected chi connectivity index (χ2v) is 10.4. The molecule has 1 fully saturated rings. The van der Waals surface area contributed by atoms with Gasteiger partial charge in [0.05, 0.1) is 22.3 Å². The van der Waals surface area contributed by atoms with E-state index < -0.39 is 17.7 Å². The van der Waals surface area contributed by atoms with Crippen molar-refractivity contribution in [1.29, 1.82) is 0 Å². The van der Waals surface area contributed by atoms with Crippen LogP contribution in [0, 0.1) is 6.92 Å². The van der Waals surface area contributed by atoms with Crippen molar-refractivity contribution in [2.45, 2.75) is 52.3 Å². The number of alkyl halides is 3. The molecule has 2 amide bonds. The number of carbonyl (C=O) groups is 2. The maximum Gasteiger partial charge on any atom is 0.416 e.